The van der Waals surface area contributed by atoms with Crippen LogP contribution in [-0.4, -0.2) is 23.6 Å². The number of aliphatic hydroxyl groups is 1. The molecule has 19 heavy (non-hydrogen) atoms. The van der Waals surface area contributed by atoms with Crippen molar-refractivity contribution in [3.05, 3.63) is 35.4 Å². The second-order valence-corrected chi connectivity index (χ2v) is 3.90. The molecule has 1 rings (SSSR count). The Bertz CT molecular complexity index is 457. The molecule has 0 aromatic heterocycles. The zero-order valence-electron chi connectivity index (χ0n) is 9.42. The molecule has 3 N–H and O–H groups in total. The number of amides is 1. The standard InChI is InChI=1S/C11H10F5NO2/c12-9(13)10(19,11(14,15)16)7-3-1-6(2-4-7)5-8(17)18/h1-4,9,19H,5H2,(H2,17,18)/t10-/m1/s1. The van der Waals surface area contributed by atoms with Crippen molar-refractivity contribution in [3.8, 4) is 0 Å². The summed E-state index contributed by atoms with van der Waals surface area (Å²) in [6.45, 7) is 0. The Kier molecular flexibility index (Phi) is 4.14. The van der Waals surface area contributed by atoms with E-state index in [2.05, 4.69) is 0 Å². The maximum atomic E-state index is 12.5. The topological polar surface area (TPSA) is 63.3 Å². The van der Waals surface area contributed by atoms with E-state index in [0.29, 0.717) is 12.1 Å². The zero-order valence-corrected chi connectivity index (χ0v) is 9.42. The Labute approximate surface area is 104 Å². The predicted octanol–water partition coefficient (Wildman–Crippen LogP) is 1.73. The van der Waals surface area contributed by atoms with Gasteiger partial charge in [-0.2, -0.15) is 13.2 Å². The first-order chi connectivity index (χ1) is 8.59. The van der Waals surface area contributed by atoms with Gasteiger partial charge in [0.05, 0.1) is 6.42 Å². The number of rotatable bonds is 4. The smallest absolute Gasteiger partial charge is 0.372 e. The molecule has 0 heterocycles. The molecule has 8 heteroatoms. The molecular weight excluding hydrogens is 273 g/mol. The molecule has 106 valence electrons. The molecule has 1 aromatic rings. The molecule has 0 radical (unpaired) electrons. The first-order valence-corrected chi connectivity index (χ1v) is 5.04. The lowest BCUT2D eigenvalue weighted by molar-refractivity contribution is -0.305. The van der Waals surface area contributed by atoms with Gasteiger partial charge in [0.2, 0.25) is 11.5 Å². The monoisotopic (exact) mass is 283 g/mol. The molecule has 3 nitrogen and oxygen atoms in total. The summed E-state index contributed by atoms with van der Waals surface area (Å²) in [6, 6.07) is 3.44. The van der Waals surface area contributed by atoms with E-state index < -0.39 is 29.7 Å². The van der Waals surface area contributed by atoms with Gasteiger partial charge in [0.1, 0.15) is 0 Å². The van der Waals surface area contributed by atoms with Crippen LogP contribution in [0.25, 0.3) is 0 Å². The highest BCUT2D eigenvalue weighted by Crippen LogP contribution is 2.43. The van der Waals surface area contributed by atoms with Crippen molar-refractivity contribution in [1.29, 1.82) is 0 Å². The normalized spacial score (nSPS) is 15.3. The largest absolute Gasteiger partial charge is 0.427 e. The van der Waals surface area contributed by atoms with Gasteiger partial charge in [-0.25, -0.2) is 8.78 Å². The summed E-state index contributed by atoms with van der Waals surface area (Å²) in [6.07, 6.45) is -9.79. The van der Waals surface area contributed by atoms with Crippen molar-refractivity contribution in [2.75, 3.05) is 0 Å². The van der Waals surface area contributed by atoms with Crippen LogP contribution >= 0.6 is 0 Å². The minimum absolute atomic E-state index is 0.237. The SMILES string of the molecule is NC(=O)Cc1ccc([C@@](O)(C(F)F)C(F)(F)F)cc1. The summed E-state index contributed by atoms with van der Waals surface area (Å²) >= 11 is 0. The third-order valence-corrected chi connectivity index (χ3v) is 2.52. The van der Waals surface area contributed by atoms with Crippen LogP contribution in [0.1, 0.15) is 11.1 Å². The summed E-state index contributed by atoms with van der Waals surface area (Å²) in [7, 11) is 0. The van der Waals surface area contributed by atoms with Crippen molar-refractivity contribution in [2.24, 2.45) is 5.73 Å². The lowest BCUT2D eigenvalue weighted by atomic mass is 9.92. The minimum atomic E-state index is -5.52. The highest BCUT2D eigenvalue weighted by Gasteiger charge is 2.61. The van der Waals surface area contributed by atoms with Crippen molar-refractivity contribution >= 4 is 5.91 Å². The quantitative estimate of drug-likeness (QED) is 0.827. The molecule has 0 aliphatic rings. The fraction of sp³-hybridized carbons (Fsp3) is 0.364. The summed E-state index contributed by atoms with van der Waals surface area (Å²) in [5.74, 6) is -0.715. The molecule has 1 amide bonds. The second kappa shape index (κ2) is 5.12. The highest BCUT2D eigenvalue weighted by atomic mass is 19.4. The molecule has 1 atom stereocenters. The Morgan fingerprint density at radius 1 is 1.21 bits per heavy atom. The number of hydrogen-bond donors (Lipinski definition) is 2. The molecule has 0 aliphatic carbocycles. The summed E-state index contributed by atoms with van der Waals surface area (Å²) < 4.78 is 62.7. The first kappa shape index (κ1) is 15.4. The summed E-state index contributed by atoms with van der Waals surface area (Å²) in [5.41, 5.74) is -0.0981. The van der Waals surface area contributed by atoms with Gasteiger partial charge in [-0.05, 0) is 11.1 Å². The lowest BCUT2D eigenvalue weighted by Crippen LogP contribution is -2.48. The number of carbonyl (C=O) groups is 1. The van der Waals surface area contributed by atoms with E-state index in [9.17, 15) is 31.9 Å². The average Bonchev–Trinajstić information content (AvgIpc) is 2.26. The summed E-state index contributed by atoms with van der Waals surface area (Å²) in [4.78, 5) is 10.6. The van der Waals surface area contributed by atoms with Gasteiger partial charge in [-0.3, -0.25) is 4.79 Å². The van der Waals surface area contributed by atoms with E-state index in [0.717, 1.165) is 12.1 Å². The fourth-order valence-corrected chi connectivity index (χ4v) is 1.49. The zero-order chi connectivity index (χ0) is 14.8. The minimum Gasteiger partial charge on any atom is -0.372 e. The third kappa shape index (κ3) is 3.01. The number of halogens is 5. The number of hydrogen-bond acceptors (Lipinski definition) is 2. The molecule has 0 unspecified atom stereocenters. The van der Waals surface area contributed by atoms with Crippen LogP contribution < -0.4 is 5.73 Å². The van der Waals surface area contributed by atoms with Crippen molar-refractivity contribution in [1.82, 2.24) is 0 Å². The Hall–Kier alpha value is -1.70. The van der Waals surface area contributed by atoms with E-state index in [1.54, 1.807) is 0 Å². The Balaban J connectivity index is 3.16. The second-order valence-electron chi connectivity index (χ2n) is 3.90. The molecule has 0 fully saturated rings. The molecule has 0 bridgehead atoms. The van der Waals surface area contributed by atoms with Gasteiger partial charge in [0.25, 0.3) is 6.43 Å². The number of benzene rings is 1. The molecule has 0 aliphatic heterocycles. The lowest BCUT2D eigenvalue weighted by Gasteiger charge is -2.30. The van der Waals surface area contributed by atoms with Gasteiger partial charge < -0.3 is 10.8 Å². The Morgan fingerprint density at radius 3 is 2.00 bits per heavy atom. The number of nitrogens with two attached hydrogens (primary N) is 1. The van der Waals surface area contributed by atoms with Crippen LogP contribution in [0.4, 0.5) is 22.0 Å². The third-order valence-electron chi connectivity index (χ3n) is 2.52. The first-order valence-electron chi connectivity index (χ1n) is 5.04. The fourth-order valence-electron chi connectivity index (χ4n) is 1.49. The molecular formula is C11H10F5NO2. The number of carbonyl (C=O) groups excluding carboxylic acids is 1. The molecule has 0 saturated heterocycles. The highest BCUT2D eigenvalue weighted by molar-refractivity contribution is 5.76. The molecule has 0 saturated carbocycles. The van der Waals surface area contributed by atoms with Gasteiger partial charge >= 0.3 is 6.18 Å². The van der Waals surface area contributed by atoms with E-state index >= 15 is 0 Å². The van der Waals surface area contributed by atoms with E-state index in [-0.39, 0.29) is 12.0 Å². The van der Waals surface area contributed by atoms with E-state index in [1.165, 1.54) is 0 Å². The molecule has 0 spiro atoms. The predicted molar refractivity (Wildman–Crippen MR) is 55.3 cm³/mol. The van der Waals surface area contributed by atoms with E-state index in [4.69, 9.17) is 5.73 Å². The van der Waals surface area contributed by atoms with Gasteiger partial charge in [-0.1, -0.05) is 24.3 Å². The van der Waals surface area contributed by atoms with Crippen LogP contribution in [0.2, 0.25) is 0 Å². The average molecular weight is 283 g/mol. The van der Waals surface area contributed by atoms with E-state index in [1.807, 2.05) is 0 Å². The van der Waals surface area contributed by atoms with Crippen molar-refractivity contribution in [2.45, 2.75) is 24.6 Å². The maximum Gasteiger partial charge on any atom is 0.427 e. The van der Waals surface area contributed by atoms with Crippen LogP contribution in [0.15, 0.2) is 24.3 Å². The van der Waals surface area contributed by atoms with Gasteiger partial charge in [0.15, 0.2) is 0 Å². The summed E-state index contributed by atoms with van der Waals surface area (Å²) in [5, 5.41) is 9.20. The molecule has 1 aromatic carbocycles. The van der Waals surface area contributed by atoms with Crippen molar-refractivity contribution < 1.29 is 31.9 Å². The van der Waals surface area contributed by atoms with Gasteiger partial charge in [-0.15, -0.1) is 0 Å². The van der Waals surface area contributed by atoms with Crippen LogP contribution in [0.3, 0.4) is 0 Å². The number of alkyl halides is 5. The van der Waals surface area contributed by atoms with Gasteiger partial charge in [0, 0.05) is 0 Å². The number of primary amides is 1. The Morgan fingerprint density at radius 2 is 1.68 bits per heavy atom. The van der Waals surface area contributed by atoms with Crippen LogP contribution in [-0.2, 0) is 16.8 Å². The maximum absolute atomic E-state index is 12.5. The van der Waals surface area contributed by atoms with Crippen LogP contribution in [0.5, 0.6) is 0 Å². The van der Waals surface area contributed by atoms with Crippen LogP contribution in [0, 0.1) is 0 Å². The van der Waals surface area contributed by atoms with Crippen molar-refractivity contribution in [3.63, 3.8) is 0 Å².